The molecule has 0 fully saturated rings. The van der Waals surface area contributed by atoms with Crippen LogP contribution in [0.4, 0.5) is 17.1 Å². The number of fused-ring (bicyclic) bond motifs is 8. The summed E-state index contributed by atoms with van der Waals surface area (Å²) in [6.07, 6.45) is 0. The fourth-order valence-corrected chi connectivity index (χ4v) is 8.72. The molecule has 0 aliphatic carbocycles. The van der Waals surface area contributed by atoms with Crippen molar-refractivity contribution in [2.75, 3.05) is 4.90 Å². The fraction of sp³-hybridized carbons (Fsp3) is 0. The van der Waals surface area contributed by atoms with E-state index in [0.29, 0.717) is 0 Å². The first-order chi connectivity index (χ1) is 24.3. The minimum Gasteiger partial charge on any atom is -0.310 e. The first kappa shape index (κ1) is 27.9. The monoisotopic (exact) mass is 642 g/mol. The molecule has 2 nitrogen and oxygen atoms in total. The van der Waals surface area contributed by atoms with Crippen LogP contribution in [0.25, 0.3) is 69.6 Å². The second kappa shape index (κ2) is 11.2. The summed E-state index contributed by atoms with van der Waals surface area (Å²) < 4.78 is 5.01. The second-order valence-electron chi connectivity index (χ2n) is 12.5. The topological polar surface area (TPSA) is 8.17 Å². The van der Waals surface area contributed by atoms with E-state index >= 15 is 0 Å². The van der Waals surface area contributed by atoms with E-state index in [1.54, 1.807) is 0 Å². The Morgan fingerprint density at radius 3 is 1.98 bits per heavy atom. The molecule has 2 aromatic heterocycles. The molecule has 49 heavy (non-hydrogen) atoms. The molecule has 0 saturated carbocycles. The first-order valence-electron chi connectivity index (χ1n) is 16.7. The number of anilines is 3. The van der Waals surface area contributed by atoms with Crippen molar-refractivity contribution in [1.82, 2.24) is 4.57 Å². The predicted molar refractivity (Wildman–Crippen MR) is 211 cm³/mol. The van der Waals surface area contributed by atoms with Crippen molar-refractivity contribution in [3.05, 3.63) is 182 Å². The molecule has 0 N–H and O–H groups in total. The van der Waals surface area contributed by atoms with Gasteiger partial charge in [-0.2, -0.15) is 0 Å². The largest absolute Gasteiger partial charge is 0.310 e. The quantitative estimate of drug-likeness (QED) is 0.181. The Bertz CT molecular complexity index is 2830. The number of hydrogen-bond donors (Lipinski definition) is 0. The van der Waals surface area contributed by atoms with Gasteiger partial charge in [-0.3, -0.25) is 0 Å². The molecule has 230 valence electrons. The predicted octanol–water partition coefficient (Wildman–Crippen LogP) is 13.4. The van der Waals surface area contributed by atoms with Crippen LogP contribution in [-0.2, 0) is 0 Å². The number of thiophene rings is 1. The lowest BCUT2D eigenvalue weighted by molar-refractivity contribution is 1.17. The van der Waals surface area contributed by atoms with E-state index in [4.69, 9.17) is 0 Å². The van der Waals surface area contributed by atoms with Crippen molar-refractivity contribution in [2.24, 2.45) is 0 Å². The van der Waals surface area contributed by atoms with Crippen molar-refractivity contribution >= 4 is 81.1 Å². The Morgan fingerprint density at radius 2 is 1.10 bits per heavy atom. The molecule has 0 radical (unpaired) electrons. The van der Waals surface area contributed by atoms with Gasteiger partial charge in [0, 0.05) is 53.6 Å². The third kappa shape index (κ3) is 4.47. The van der Waals surface area contributed by atoms with Crippen molar-refractivity contribution < 1.29 is 0 Å². The van der Waals surface area contributed by atoms with Gasteiger partial charge in [0.25, 0.3) is 0 Å². The van der Waals surface area contributed by atoms with Gasteiger partial charge in [-0.05, 0) is 77.0 Å². The molecule has 0 amide bonds. The van der Waals surface area contributed by atoms with E-state index in [1.807, 2.05) is 11.3 Å². The summed E-state index contributed by atoms with van der Waals surface area (Å²) in [7, 11) is 0. The van der Waals surface area contributed by atoms with Crippen LogP contribution in [0.5, 0.6) is 0 Å². The average molecular weight is 643 g/mol. The highest BCUT2D eigenvalue weighted by molar-refractivity contribution is 7.25. The molecule has 10 rings (SSSR count). The smallest absolute Gasteiger partial charge is 0.0547 e. The van der Waals surface area contributed by atoms with Crippen LogP contribution in [0.15, 0.2) is 182 Å². The maximum absolute atomic E-state index is 2.41. The Hall–Kier alpha value is -6.16. The number of hydrogen-bond acceptors (Lipinski definition) is 2. The van der Waals surface area contributed by atoms with Gasteiger partial charge in [-0.15, -0.1) is 11.3 Å². The van der Waals surface area contributed by atoms with Crippen LogP contribution >= 0.6 is 11.3 Å². The summed E-state index contributed by atoms with van der Waals surface area (Å²) in [4.78, 5) is 2.41. The van der Waals surface area contributed by atoms with Gasteiger partial charge in [-0.25, -0.2) is 0 Å². The molecule has 0 atom stereocenters. The minimum atomic E-state index is 1.11. The number of rotatable bonds is 5. The molecule has 0 saturated heterocycles. The molecule has 8 aromatic carbocycles. The van der Waals surface area contributed by atoms with Crippen LogP contribution in [0, 0.1) is 0 Å². The Balaban J connectivity index is 1.17. The molecular formula is C46H30N2S. The zero-order chi connectivity index (χ0) is 32.3. The summed E-state index contributed by atoms with van der Waals surface area (Å²) in [5.74, 6) is 0. The van der Waals surface area contributed by atoms with E-state index in [0.717, 1.165) is 22.7 Å². The normalized spacial score (nSPS) is 11.7. The number of benzene rings is 8. The SMILES string of the molecule is c1ccc(-c2ccccc2N(c2ccc(-n3c4ccccc4c4c5ccccc5ccc43)cc2)c2ccc3c(c2)sc2ccccc23)cc1. The highest BCUT2D eigenvalue weighted by Gasteiger charge is 2.20. The van der Waals surface area contributed by atoms with Crippen LogP contribution in [0.2, 0.25) is 0 Å². The highest BCUT2D eigenvalue weighted by Crippen LogP contribution is 2.44. The van der Waals surface area contributed by atoms with E-state index in [-0.39, 0.29) is 0 Å². The van der Waals surface area contributed by atoms with Crippen molar-refractivity contribution in [2.45, 2.75) is 0 Å². The zero-order valence-electron chi connectivity index (χ0n) is 26.6. The number of para-hydroxylation sites is 2. The molecule has 3 heteroatoms. The Labute approximate surface area is 288 Å². The molecule has 0 unspecified atom stereocenters. The van der Waals surface area contributed by atoms with Gasteiger partial charge in [0.1, 0.15) is 0 Å². The number of aromatic nitrogens is 1. The summed E-state index contributed by atoms with van der Waals surface area (Å²) in [5.41, 5.74) is 9.35. The second-order valence-corrected chi connectivity index (χ2v) is 13.6. The first-order valence-corrected chi connectivity index (χ1v) is 17.5. The Kier molecular flexibility index (Phi) is 6.39. The lowest BCUT2D eigenvalue weighted by Gasteiger charge is -2.28. The van der Waals surface area contributed by atoms with Gasteiger partial charge in [0.15, 0.2) is 0 Å². The highest BCUT2D eigenvalue weighted by atomic mass is 32.1. The van der Waals surface area contributed by atoms with Crippen molar-refractivity contribution in [3.8, 4) is 16.8 Å². The molecular weight excluding hydrogens is 613 g/mol. The number of nitrogens with zero attached hydrogens (tertiary/aromatic N) is 2. The van der Waals surface area contributed by atoms with Crippen LogP contribution < -0.4 is 4.90 Å². The molecule has 0 spiro atoms. The van der Waals surface area contributed by atoms with E-state index in [9.17, 15) is 0 Å². The van der Waals surface area contributed by atoms with Gasteiger partial charge >= 0.3 is 0 Å². The maximum Gasteiger partial charge on any atom is 0.0547 e. The van der Waals surface area contributed by atoms with Gasteiger partial charge in [0.2, 0.25) is 0 Å². The molecule has 0 aliphatic rings. The third-order valence-corrected chi connectivity index (χ3v) is 10.9. The van der Waals surface area contributed by atoms with Gasteiger partial charge in [-0.1, -0.05) is 121 Å². The van der Waals surface area contributed by atoms with Crippen LogP contribution in [0.1, 0.15) is 0 Å². The van der Waals surface area contributed by atoms with Gasteiger partial charge < -0.3 is 9.47 Å². The summed E-state index contributed by atoms with van der Waals surface area (Å²) in [6.45, 7) is 0. The van der Waals surface area contributed by atoms with E-state index in [2.05, 4.69) is 191 Å². The lowest BCUT2D eigenvalue weighted by Crippen LogP contribution is -2.11. The third-order valence-electron chi connectivity index (χ3n) is 9.78. The van der Waals surface area contributed by atoms with Crippen molar-refractivity contribution in [3.63, 3.8) is 0 Å². The van der Waals surface area contributed by atoms with Crippen LogP contribution in [0.3, 0.4) is 0 Å². The summed E-state index contributed by atoms with van der Waals surface area (Å²) in [6, 6.07) is 66.1. The van der Waals surface area contributed by atoms with Crippen molar-refractivity contribution in [1.29, 1.82) is 0 Å². The molecule has 2 heterocycles. The minimum absolute atomic E-state index is 1.11. The summed E-state index contributed by atoms with van der Waals surface area (Å²) >= 11 is 1.86. The Morgan fingerprint density at radius 1 is 0.429 bits per heavy atom. The molecule has 10 aromatic rings. The summed E-state index contributed by atoms with van der Waals surface area (Å²) in [5, 5.41) is 7.73. The fourth-order valence-electron chi connectivity index (χ4n) is 7.58. The lowest BCUT2D eigenvalue weighted by atomic mass is 10.0. The maximum atomic E-state index is 2.41. The molecule has 0 bridgehead atoms. The zero-order valence-corrected chi connectivity index (χ0v) is 27.4. The standard InChI is InChI=1S/C46H30N2S/c1-2-12-31(13-3-1)36-15-6-9-19-41(36)47(35-27-28-39-38-17-8-11-21-44(38)49-45(39)30-35)33-23-25-34(26-24-33)48-42-20-10-7-18-40(42)46-37-16-5-4-14-32(37)22-29-43(46)48/h1-30H. The van der Waals surface area contributed by atoms with Gasteiger partial charge in [0.05, 0.1) is 16.7 Å². The van der Waals surface area contributed by atoms with E-state index < -0.39 is 0 Å². The van der Waals surface area contributed by atoms with Crippen LogP contribution in [-0.4, -0.2) is 4.57 Å². The van der Waals surface area contributed by atoms with E-state index in [1.165, 1.54) is 63.9 Å². The average Bonchev–Trinajstić information content (AvgIpc) is 3.71. The molecule has 0 aliphatic heterocycles.